The van der Waals surface area contributed by atoms with E-state index in [1.165, 1.54) is 18.3 Å². The van der Waals surface area contributed by atoms with Gasteiger partial charge in [-0.25, -0.2) is 14.8 Å². The highest BCUT2D eigenvalue weighted by atomic mass is 16.4. The zero-order chi connectivity index (χ0) is 17.1. The summed E-state index contributed by atoms with van der Waals surface area (Å²) in [6.07, 6.45) is 4.39. The number of carbonyl (C=O) groups is 2. The standard InChI is InChI=1S/C16H16N4O4/c21-14(22)10-3-5-17-13(8-10)12-4-6-18-16(19-12)20-7-1-2-11(9-20)15(23)24/h3-6,8,11H,1-2,7,9H2,(H,21,22)(H,23,24). The average molecular weight is 328 g/mol. The van der Waals surface area contributed by atoms with E-state index in [0.717, 1.165) is 6.42 Å². The van der Waals surface area contributed by atoms with Crippen molar-refractivity contribution in [3.8, 4) is 11.4 Å². The number of anilines is 1. The molecular weight excluding hydrogens is 312 g/mol. The lowest BCUT2D eigenvalue weighted by molar-refractivity contribution is -0.141. The summed E-state index contributed by atoms with van der Waals surface area (Å²) >= 11 is 0. The second-order valence-corrected chi connectivity index (χ2v) is 5.60. The first kappa shape index (κ1) is 15.9. The molecule has 0 saturated carbocycles. The first-order valence-electron chi connectivity index (χ1n) is 7.55. The number of nitrogens with zero attached hydrogens (tertiary/aromatic N) is 4. The van der Waals surface area contributed by atoms with Gasteiger partial charge in [0.15, 0.2) is 0 Å². The van der Waals surface area contributed by atoms with Crippen LogP contribution in [0.3, 0.4) is 0 Å². The largest absolute Gasteiger partial charge is 0.481 e. The number of pyridine rings is 1. The number of piperidine rings is 1. The Balaban J connectivity index is 1.88. The first-order chi connectivity index (χ1) is 11.5. The number of carboxylic acid groups (broad SMARTS) is 2. The lowest BCUT2D eigenvalue weighted by atomic mass is 9.99. The van der Waals surface area contributed by atoms with Crippen molar-refractivity contribution in [3.05, 3.63) is 36.2 Å². The number of rotatable bonds is 4. The van der Waals surface area contributed by atoms with Crippen molar-refractivity contribution in [2.24, 2.45) is 5.92 Å². The van der Waals surface area contributed by atoms with Crippen LogP contribution in [0.1, 0.15) is 23.2 Å². The number of hydrogen-bond donors (Lipinski definition) is 2. The topological polar surface area (TPSA) is 117 Å². The van der Waals surface area contributed by atoms with Gasteiger partial charge < -0.3 is 15.1 Å². The van der Waals surface area contributed by atoms with Crippen molar-refractivity contribution in [2.75, 3.05) is 18.0 Å². The molecule has 1 atom stereocenters. The van der Waals surface area contributed by atoms with E-state index in [2.05, 4.69) is 15.0 Å². The number of carboxylic acids is 2. The molecule has 0 radical (unpaired) electrons. The smallest absolute Gasteiger partial charge is 0.335 e. The van der Waals surface area contributed by atoms with E-state index in [-0.39, 0.29) is 5.56 Å². The molecule has 8 heteroatoms. The van der Waals surface area contributed by atoms with Gasteiger partial charge in [-0.05, 0) is 31.0 Å². The third kappa shape index (κ3) is 3.32. The van der Waals surface area contributed by atoms with Crippen LogP contribution < -0.4 is 4.90 Å². The Morgan fingerprint density at radius 2 is 1.92 bits per heavy atom. The Morgan fingerprint density at radius 3 is 2.67 bits per heavy atom. The van der Waals surface area contributed by atoms with Crippen molar-refractivity contribution in [1.29, 1.82) is 0 Å². The van der Waals surface area contributed by atoms with E-state index in [1.54, 1.807) is 12.3 Å². The molecule has 0 spiro atoms. The zero-order valence-electron chi connectivity index (χ0n) is 12.8. The molecule has 3 rings (SSSR count). The zero-order valence-corrected chi connectivity index (χ0v) is 12.8. The SMILES string of the molecule is O=C(O)c1ccnc(-c2ccnc(N3CCCC(C(=O)O)C3)n2)c1. The van der Waals surface area contributed by atoms with E-state index in [0.29, 0.717) is 36.8 Å². The summed E-state index contributed by atoms with van der Waals surface area (Å²) in [5, 5.41) is 18.3. The van der Waals surface area contributed by atoms with Gasteiger partial charge in [0.2, 0.25) is 5.95 Å². The van der Waals surface area contributed by atoms with Crippen LogP contribution in [-0.2, 0) is 4.79 Å². The maximum atomic E-state index is 11.2. The van der Waals surface area contributed by atoms with E-state index < -0.39 is 17.9 Å². The Kier molecular flexibility index (Phi) is 4.37. The van der Waals surface area contributed by atoms with Crippen LogP contribution in [0.15, 0.2) is 30.6 Å². The average Bonchev–Trinajstić information content (AvgIpc) is 2.62. The molecule has 0 aliphatic carbocycles. The van der Waals surface area contributed by atoms with Crippen molar-refractivity contribution < 1.29 is 19.8 Å². The Morgan fingerprint density at radius 1 is 1.12 bits per heavy atom. The summed E-state index contributed by atoms with van der Waals surface area (Å²) < 4.78 is 0. The highest BCUT2D eigenvalue weighted by Crippen LogP contribution is 2.23. The van der Waals surface area contributed by atoms with Crippen molar-refractivity contribution in [1.82, 2.24) is 15.0 Å². The van der Waals surface area contributed by atoms with E-state index >= 15 is 0 Å². The fourth-order valence-corrected chi connectivity index (χ4v) is 2.71. The molecule has 1 fully saturated rings. The van der Waals surface area contributed by atoms with E-state index in [4.69, 9.17) is 5.11 Å². The van der Waals surface area contributed by atoms with Gasteiger partial charge in [-0.2, -0.15) is 0 Å². The molecular formula is C16H16N4O4. The molecule has 1 saturated heterocycles. The van der Waals surface area contributed by atoms with Gasteiger partial charge in [0.25, 0.3) is 0 Å². The van der Waals surface area contributed by atoms with Crippen molar-refractivity contribution in [2.45, 2.75) is 12.8 Å². The van der Waals surface area contributed by atoms with Gasteiger partial charge in [-0.15, -0.1) is 0 Å². The highest BCUT2D eigenvalue weighted by Gasteiger charge is 2.26. The van der Waals surface area contributed by atoms with Gasteiger partial charge in [0, 0.05) is 25.5 Å². The van der Waals surface area contributed by atoms with E-state index in [1.807, 2.05) is 4.90 Å². The molecule has 0 aromatic carbocycles. The molecule has 1 aliphatic heterocycles. The normalized spacial score (nSPS) is 17.5. The van der Waals surface area contributed by atoms with Gasteiger partial charge in [-0.3, -0.25) is 9.78 Å². The van der Waals surface area contributed by atoms with Crippen LogP contribution in [0.25, 0.3) is 11.4 Å². The monoisotopic (exact) mass is 328 g/mol. The lowest BCUT2D eigenvalue weighted by Gasteiger charge is -2.30. The van der Waals surface area contributed by atoms with Crippen molar-refractivity contribution in [3.63, 3.8) is 0 Å². The van der Waals surface area contributed by atoms with Gasteiger partial charge in [0.1, 0.15) is 0 Å². The quantitative estimate of drug-likeness (QED) is 0.868. The first-order valence-corrected chi connectivity index (χ1v) is 7.55. The Hall–Kier alpha value is -3.03. The fraction of sp³-hybridized carbons (Fsp3) is 0.312. The summed E-state index contributed by atoms with van der Waals surface area (Å²) in [5.41, 5.74) is 1.06. The predicted octanol–water partition coefficient (Wildman–Crippen LogP) is 1.54. The maximum Gasteiger partial charge on any atom is 0.335 e. The second-order valence-electron chi connectivity index (χ2n) is 5.60. The van der Waals surface area contributed by atoms with E-state index in [9.17, 15) is 14.7 Å². The summed E-state index contributed by atoms with van der Waals surface area (Å²) in [6, 6.07) is 4.51. The summed E-state index contributed by atoms with van der Waals surface area (Å²) in [4.78, 5) is 36.9. The predicted molar refractivity (Wildman–Crippen MR) is 84.8 cm³/mol. The van der Waals surface area contributed by atoms with Gasteiger partial charge in [-0.1, -0.05) is 0 Å². The molecule has 1 unspecified atom stereocenters. The van der Waals surface area contributed by atoms with Crippen LogP contribution in [0.4, 0.5) is 5.95 Å². The molecule has 1 aliphatic rings. The minimum absolute atomic E-state index is 0.129. The van der Waals surface area contributed by atoms with Gasteiger partial charge >= 0.3 is 11.9 Å². The molecule has 8 nitrogen and oxygen atoms in total. The number of hydrogen-bond acceptors (Lipinski definition) is 6. The molecule has 0 bridgehead atoms. The Labute approximate surface area is 137 Å². The maximum absolute atomic E-state index is 11.2. The minimum Gasteiger partial charge on any atom is -0.481 e. The molecule has 124 valence electrons. The van der Waals surface area contributed by atoms with Crippen LogP contribution in [0.5, 0.6) is 0 Å². The van der Waals surface area contributed by atoms with Crippen LogP contribution in [-0.4, -0.2) is 50.2 Å². The van der Waals surface area contributed by atoms with Crippen LogP contribution in [0, 0.1) is 5.92 Å². The highest BCUT2D eigenvalue weighted by molar-refractivity contribution is 5.88. The Bertz CT molecular complexity index is 780. The summed E-state index contributed by atoms with van der Waals surface area (Å²) in [7, 11) is 0. The lowest BCUT2D eigenvalue weighted by Crippen LogP contribution is -2.39. The van der Waals surface area contributed by atoms with Crippen molar-refractivity contribution >= 4 is 17.9 Å². The van der Waals surface area contributed by atoms with Gasteiger partial charge in [0.05, 0.1) is 22.9 Å². The molecule has 2 aromatic rings. The minimum atomic E-state index is -1.03. The third-order valence-electron chi connectivity index (χ3n) is 3.97. The second kappa shape index (κ2) is 6.61. The number of aromatic nitrogens is 3. The molecule has 2 N–H and O–H groups in total. The molecule has 2 aromatic heterocycles. The molecule has 0 amide bonds. The van der Waals surface area contributed by atoms with Crippen LogP contribution in [0.2, 0.25) is 0 Å². The third-order valence-corrected chi connectivity index (χ3v) is 3.97. The summed E-state index contributed by atoms with van der Waals surface area (Å²) in [6.45, 7) is 1.05. The molecule has 3 heterocycles. The summed E-state index contributed by atoms with van der Waals surface area (Å²) in [5.74, 6) is -1.85. The number of aliphatic carboxylic acids is 1. The molecule has 24 heavy (non-hydrogen) atoms. The van der Waals surface area contributed by atoms with Crippen LogP contribution >= 0.6 is 0 Å². The fourth-order valence-electron chi connectivity index (χ4n) is 2.71. The number of aromatic carboxylic acids is 1.